The highest BCUT2D eigenvalue weighted by Crippen LogP contribution is 2.35. The van der Waals surface area contributed by atoms with Crippen LogP contribution in [0.2, 0.25) is 0 Å². The third-order valence-electron chi connectivity index (χ3n) is 5.20. The van der Waals surface area contributed by atoms with E-state index in [-0.39, 0.29) is 11.6 Å². The topological polar surface area (TPSA) is 73.1 Å². The number of fused-ring (bicyclic) bond motifs is 1. The van der Waals surface area contributed by atoms with Gasteiger partial charge < -0.3 is 9.64 Å². The second-order valence-corrected chi connectivity index (χ2v) is 7.06. The van der Waals surface area contributed by atoms with Gasteiger partial charge in [0.1, 0.15) is 5.82 Å². The first-order valence-corrected chi connectivity index (χ1v) is 9.56. The molecule has 0 radical (unpaired) electrons. The number of benzene rings is 1. The number of nitrogens with zero attached hydrogens (tertiary/aromatic N) is 5. The number of methoxy groups -OCH3 is 1. The Morgan fingerprint density at radius 1 is 1.17 bits per heavy atom. The Bertz CT molecular complexity index is 1100. The minimum absolute atomic E-state index is 0.169. The zero-order chi connectivity index (χ0) is 21.3. The van der Waals surface area contributed by atoms with Crippen LogP contribution in [0.5, 0.6) is 0 Å². The number of rotatable bonds is 5. The van der Waals surface area contributed by atoms with Gasteiger partial charge in [-0.15, -0.1) is 10.2 Å². The Balaban J connectivity index is 1.77. The largest absolute Gasteiger partial charge is 0.435 e. The number of para-hydroxylation sites is 1. The maximum absolute atomic E-state index is 13.1. The fourth-order valence-electron chi connectivity index (χ4n) is 3.78. The first-order valence-electron chi connectivity index (χ1n) is 9.56. The molecule has 0 saturated carbocycles. The van der Waals surface area contributed by atoms with Crippen molar-refractivity contribution in [3.63, 3.8) is 0 Å². The van der Waals surface area contributed by atoms with Crippen molar-refractivity contribution in [2.45, 2.75) is 31.6 Å². The van der Waals surface area contributed by atoms with Crippen molar-refractivity contribution in [1.82, 2.24) is 19.7 Å². The summed E-state index contributed by atoms with van der Waals surface area (Å²) in [5, 5.41) is 7.64. The average Bonchev–Trinajstić information content (AvgIpc) is 3.22. The predicted octanol–water partition coefficient (Wildman–Crippen LogP) is 3.19. The zero-order valence-corrected chi connectivity index (χ0v) is 16.3. The lowest BCUT2D eigenvalue weighted by molar-refractivity contribution is -0.141. The minimum Gasteiger partial charge on any atom is -0.383 e. The van der Waals surface area contributed by atoms with Gasteiger partial charge in [-0.1, -0.05) is 12.1 Å². The van der Waals surface area contributed by atoms with Crippen LogP contribution in [0.4, 0.5) is 19.0 Å². The summed E-state index contributed by atoms with van der Waals surface area (Å²) in [6.45, 7) is 1.24. The molecule has 30 heavy (non-hydrogen) atoms. The smallest absolute Gasteiger partial charge is 0.383 e. The summed E-state index contributed by atoms with van der Waals surface area (Å²) < 4.78 is 45.2. The number of anilines is 1. The van der Waals surface area contributed by atoms with E-state index in [4.69, 9.17) is 9.72 Å². The number of aromatic nitrogens is 4. The zero-order valence-electron chi connectivity index (χ0n) is 16.3. The van der Waals surface area contributed by atoms with Crippen LogP contribution in [0.25, 0.3) is 10.9 Å². The number of ether oxygens (including phenoxy) is 1. The fourth-order valence-corrected chi connectivity index (χ4v) is 3.78. The lowest BCUT2D eigenvalue weighted by Gasteiger charge is -2.27. The Morgan fingerprint density at radius 2 is 1.97 bits per heavy atom. The molecular weight excluding hydrogens is 399 g/mol. The van der Waals surface area contributed by atoms with Gasteiger partial charge in [0.25, 0.3) is 5.56 Å². The average molecular weight is 419 g/mol. The van der Waals surface area contributed by atoms with Crippen LogP contribution in [0.3, 0.4) is 0 Å². The molecule has 1 aliphatic heterocycles. The van der Waals surface area contributed by atoms with E-state index >= 15 is 0 Å². The van der Waals surface area contributed by atoms with E-state index in [2.05, 4.69) is 10.2 Å². The molecule has 10 heteroatoms. The number of hydrogen-bond acceptors (Lipinski definition) is 6. The van der Waals surface area contributed by atoms with Crippen molar-refractivity contribution in [2.24, 2.45) is 0 Å². The third-order valence-corrected chi connectivity index (χ3v) is 5.20. The molecule has 158 valence electrons. The van der Waals surface area contributed by atoms with Gasteiger partial charge in [0.05, 0.1) is 30.1 Å². The quantitative estimate of drug-likeness (QED) is 0.633. The van der Waals surface area contributed by atoms with Crippen LogP contribution in [-0.2, 0) is 17.5 Å². The van der Waals surface area contributed by atoms with Crippen LogP contribution in [0.1, 0.15) is 30.4 Å². The Morgan fingerprint density at radius 3 is 2.67 bits per heavy atom. The minimum atomic E-state index is -4.55. The molecular formula is C20H20F3N5O2. The van der Waals surface area contributed by atoms with Crippen molar-refractivity contribution in [3.05, 3.63) is 58.3 Å². The first kappa shape index (κ1) is 20.3. The van der Waals surface area contributed by atoms with E-state index in [9.17, 15) is 18.0 Å². The Kier molecular flexibility index (Phi) is 5.42. The lowest BCUT2D eigenvalue weighted by Crippen LogP contribution is -2.33. The number of halogens is 3. The molecule has 1 unspecified atom stereocenters. The van der Waals surface area contributed by atoms with Crippen LogP contribution in [0, 0.1) is 0 Å². The molecule has 3 heterocycles. The summed E-state index contributed by atoms with van der Waals surface area (Å²) in [7, 11) is 1.55. The molecule has 1 aromatic carbocycles. The van der Waals surface area contributed by atoms with Gasteiger partial charge >= 0.3 is 6.18 Å². The molecule has 4 rings (SSSR count). The van der Waals surface area contributed by atoms with Gasteiger partial charge in [0.15, 0.2) is 11.5 Å². The summed E-state index contributed by atoms with van der Waals surface area (Å²) >= 11 is 0. The number of alkyl halides is 3. The molecule has 1 saturated heterocycles. The molecule has 0 spiro atoms. The number of hydrogen-bond donors (Lipinski definition) is 0. The molecule has 7 nitrogen and oxygen atoms in total. The maximum atomic E-state index is 13.1. The molecule has 1 aliphatic rings. The second-order valence-electron chi connectivity index (χ2n) is 7.06. The van der Waals surface area contributed by atoms with Crippen LogP contribution >= 0.6 is 0 Å². The Labute approximate surface area is 170 Å². The highest BCUT2D eigenvalue weighted by Gasteiger charge is 2.35. The highest BCUT2D eigenvalue weighted by molar-refractivity contribution is 5.77. The van der Waals surface area contributed by atoms with Gasteiger partial charge in [0, 0.05) is 13.7 Å². The van der Waals surface area contributed by atoms with E-state index in [1.165, 1.54) is 6.07 Å². The van der Waals surface area contributed by atoms with E-state index in [0.717, 1.165) is 12.5 Å². The van der Waals surface area contributed by atoms with Gasteiger partial charge in [-0.05, 0) is 37.1 Å². The molecule has 0 bridgehead atoms. The normalized spacial score (nSPS) is 17.1. The van der Waals surface area contributed by atoms with Crippen molar-refractivity contribution < 1.29 is 17.9 Å². The molecule has 0 N–H and O–H groups in total. The van der Waals surface area contributed by atoms with E-state index in [1.807, 2.05) is 11.0 Å². The van der Waals surface area contributed by atoms with Gasteiger partial charge in [-0.25, -0.2) is 4.98 Å². The van der Waals surface area contributed by atoms with Gasteiger partial charge in [-0.2, -0.15) is 13.2 Å². The molecule has 0 amide bonds. The fraction of sp³-hybridized carbons (Fsp3) is 0.400. The SMILES string of the molecule is COCCn1c(C2CCCN2c2ccc(C(F)(F)F)nn2)nc2ccccc2c1=O. The maximum Gasteiger partial charge on any atom is 0.435 e. The summed E-state index contributed by atoms with van der Waals surface area (Å²) in [6, 6.07) is 9.03. The summed E-state index contributed by atoms with van der Waals surface area (Å²) in [6.07, 6.45) is -3.06. The van der Waals surface area contributed by atoms with E-state index in [1.54, 1.807) is 29.9 Å². The van der Waals surface area contributed by atoms with E-state index < -0.39 is 11.9 Å². The monoisotopic (exact) mass is 419 g/mol. The third kappa shape index (κ3) is 3.74. The molecule has 1 fully saturated rings. The first-order chi connectivity index (χ1) is 14.4. The predicted molar refractivity (Wildman–Crippen MR) is 104 cm³/mol. The molecule has 1 atom stereocenters. The van der Waals surface area contributed by atoms with Crippen molar-refractivity contribution >= 4 is 16.7 Å². The lowest BCUT2D eigenvalue weighted by atomic mass is 10.1. The van der Waals surface area contributed by atoms with Gasteiger partial charge in [0.2, 0.25) is 0 Å². The van der Waals surface area contributed by atoms with Crippen molar-refractivity contribution in [2.75, 3.05) is 25.2 Å². The highest BCUT2D eigenvalue weighted by atomic mass is 19.4. The van der Waals surface area contributed by atoms with Crippen molar-refractivity contribution in [1.29, 1.82) is 0 Å². The van der Waals surface area contributed by atoms with E-state index in [0.29, 0.717) is 48.7 Å². The van der Waals surface area contributed by atoms with Gasteiger partial charge in [-0.3, -0.25) is 9.36 Å². The van der Waals surface area contributed by atoms with Crippen LogP contribution in [0.15, 0.2) is 41.2 Å². The standard InChI is InChI=1S/C20H20F3N5O2/c1-30-12-11-28-18(24-14-6-3-2-5-13(14)19(28)29)15-7-4-10-27(15)17-9-8-16(25-26-17)20(21,22)23/h2-3,5-6,8-9,15H,4,7,10-12H2,1H3. The van der Waals surface area contributed by atoms with Crippen LogP contribution in [-0.4, -0.2) is 40.0 Å². The van der Waals surface area contributed by atoms with Crippen molar-refractivity contribution in [3.8, 4) is 0 Å². The molecule has 2 aromatic heterocycles. The summed E-state index contributed by atoms with van der Waals surface area (Å²) in [5.41, 5.74) is -0.627. The second kappa shape index (κ2) is 8.02. The molecule has 0 aliphatic carbocycles. The summed E-state index contributed by atoms with van der Waals surface area (Å²) in [5.74, 6) is 0.876. The van der Waals surface area contributed by atoms with Crippen LogP contribution < -0.4 is 10.5 Å². The Hall–Kier alpha value is -3.01. The molecule has 3 aromatic rings. The summed E-state index contributed by atoms with van der Waals surface area (Å²) in [4.78, 5) is 19.7.